The Balaban J connectivity index is 2.54. The number of carbonyl (C=O) groups excluding carboxylic acids is 1. The van der Waals surface area contributed by atoms with Crippen LogP contribution in [0.2, 0.25) is 0 Å². The van der Waals surface area contributed by atoms with Crippen molar-refractivity contribution in [3.63, 3.8) is 0 Å². The number of aryl methyl sites for hydroxylation is 1. The first-order valence-corrected chi connectivity index (χ1v) is 9.02. The molecule has 0 radical (unpaired) electrons. The Labute approximate surface area is 152 Å². The summed E-state index contributed by atoms with van der Waals surface area (Å²) >= 11 is 2.67. The van der Waals surface area contributed by atoms with Crippen molar-refractivity contribution in [3.05, 3.63) is 41.4 Å². The number of carbonyl (C=O) groups is 1. The van der Waals surface area contributed by atoms with Gasteiger partial charge in [-0.15, -0.1) is 22.7 Å². The van der Waals surface area contributed by atoms with Crippen LogP contribution >= 0.6 is 22.7 Å². The number of nitrogens with zero attached hydrogens (tertiary/aromatic N) is 3. The Hall–Kier alpha value is -2.68. The molecule has 128 valence electrons. The monoisotopic (exact) mass is 373 g/mol. The van der Waals surface area contributed by atoms with Crippen LogP contribution in [0, 0.1) is 29.6 Å². The van der Waals surface area contributed by atoms with Gasteiger partial charge in [-0.05, 0) is 31.6 Å². The maximum Gasteiger partial charge on any atom is 0.305 e. The number of rotatable bonds is 5. The number of ether oxygens (including phenoxy) is 1. The van der Waals surface area contributed by atoms with Crippen LogP contribution in [-0.4, -0.2) is 17.6 Å². The average molecular weight is 373 g/mol. The quantitative estimate of drug-likeness (QED) is 0.735. The molecule has 0 aliphatic rings. The molecule has 0 aliphatic heterocycles. The van der Waals surface area contributed by atoms with Crippen molar-refractivity contribution >= 4 is 40.3 Å². The van der Waals surface area contributed by atoms with Gasteiger partial charge in [0.1, 0.15) is 16.8 Å². The van der Waals surface area contributed by atoms with Gasteiger partial charge < -0.3 is 4.74 Å². The molecule has 0 atom stereocenters. The number of hydrogen-bond acceptors (Lipinski definition) is 7. The second-order valence-corrected chi connectivity index (χ2v) is 7.45. The normalized spacial score (nSPS) is 11.0. The highest BCUT2D eigenvalue weighted by atomic mass is 32.1. The zero-order valence-corrected chi connectivity index (χ0v) is 15.4. The second kappa shape index (κ2) is 8.43. The molecule has 2 rings (SSSR count). The maximum atomic E-state index is 12.7. The lowest BCUT2D eigenvalue weighted by Crippen LogP contribution is -2.32. The molecule has 0 N–H and O–H groups in total. The molecule has 0 aromatic carbocycles. The summed E-state index contributed by atoms with van der Waals surface area (Å²) < 4.78 is 6.75. The average Bonchev–Trinajstić information content (AvgIpc) is 3.14. The minimum Gasteiger partial charge on any atom is -0.469 e. The van der Waals surface area contributed by atoms with Gasteiger partial charge in [-0.25, -0.2) is 0 Å². The van der Waals surface area contributed by atoms with Gasteiger partial charge in [-0.3, -0.25) is 14.2 Å². The number of hydrogen-bond donors (Lipinski definition) is 0. The third kappa shape index (κ3) is 4.44. The number of aromatic nitrogens is 1. The Kier molecular flexibility index (Phi) is 6.29. The Bertz CT molecular complexity index is 1030. The van der Waals surface area contributed by atoms with Crippen molar-refractivity contribution in [2.45, 2.75) is 26.3 Å². The lowest BCUT2D eigenvalue weighted by molar-refractivity contribution is -0.140. The van der Waals surface area contributed by atoms with Gasteiger partial charge in [0.15, 0.2) is 5.57 Å². The van der Waals surface area contributed by atoms with Gasteiger partial charge in [-0.2, -0.15) is 10.5 Å². The van der Waals surface area contributed by atoms with Gasteiger partial charge in [0.25, 0.3) is 5.56 Å². The van der Waals surface area contributed by atoms with Crippen molar-refractivity contribution in [2.24, 2.45) is 0 Å². The molecule has 0 unspecified atom stereocenters. The first-order valence-electron chi connectivity index (χ1n) is 7.39. The molecular formula is C17H15N3O3S2. The highest BCUT2D eigenvalue weighted by Crippen LogP contribution is 2.15. The summed E-state index contributed by atoms with van der Waals surface area (Å²) in [6.45, 7) is 2.22. The summed E-state index contributed by atoms with van der Waals surface area (Å²) in [4.78, 5) is 26.0. The number of thiazole rings is 1. The minimum atomic E-state index is -0.365. The van der Waals surface area contributed by atoms with Crippen molar-refractivity contribution in [1.82, 2.24) is 4.57 Å². The molecule has 8 heteroatoms. The van der Waals surface area contributed by atoms with Crippen LogP contribution in [0.4, 0.5) is 0 Å². The molecule has 0 bridgehead atoms. The molecule has 0 saturated heterocycles. The van der Waals surface area contributed by atoms with E-state index in [2.05, 4.69) is 4.74 Å². The first kappa shape index (κ1) is 18.7. The highest BCUT2D eigenvalue weighted by molar-refractivity contribution is 7.13. The summed E-state index contributed by atoms with van der Waals surface area (Å²) in [6.07, 6.45) is 2.31. The fourth-order valence-corrected chi connectivity index (χ4v) is 4.14. The van der Waals surface area contributed by atoms with Crippen LogP contribution in [0.5, 0.6) is 0 Å². The summed E-state index contributed by atoms with van der Waals surface area (Å²) in [5.41, 5.74) is -0.374. The second-order valence-electron chi connectivity index (χ2n) is 5.10. The molecular weight excluding hydrogens is 358 g/mol. The summed E-state index contributed by atoms with van der Waals surface area (Å²) in [6, 6.07) is 7.54. The van der Waals surface area contributed by atoms with E-state index in [4.69, 9.17) is 10.5 Å². The van der Waals surface area contributed by atoms with Gasteiger partial charge in [-0.1, -0.05) is 0 Å². The van der Waals surface area contributed by atoms with Crippen molar-refractivity contribution in [3.8, 4) is 12.1 Å². The van der Waals surface area contributed by atoms with Crippen LogP contribution < -0.4 is 14.8 Å². The maximum absolute atomic E-state index is 12.7. The first-order chi connectivity index (χ1) is 12.0. The van der Waals surface area contributed by atoms with Crippen LogP contribution in [0.25, 0.3) is 11.6 Å². The number of esters is 1. The Morgan fingerprint density at radius 3 is 2.60 bits per heavy atom. The highest BCUT2D eigenvalue weighted by Gasteiger charge is 2.10. The van der Waals surface area contributed by atoms with Crippen molar-refractivity contribution < 1.29 is 9.53 Å². The lowest BCUT2D eigenvalue weighted by atomic mass is 10.3. The van der Waals surface area contributed by atoms with Crippen LogP contribution in [0.1, 0.15) is 22.6 Å². The van der Waals surface area contributed by atoms with E-state index in [0.717, 1.165) is 21.1 Å². The molecule has 2 aromatic rings. The fourth-order valence-electron chi connectivity index (χ4n) is 2.17. The van der Waals surface area contributed by atoms with E-state index in [9.17, 15) is 9.59 Å². The number of nitriles is 2. The summed E-state index contributed by atoms with van der Waals surface area (Å²) in [5, 5.41) is 18.3. The molecule has 2 heterocycles. The molecule has 0 fully saturated rings. The van der Waals surface area contributed by atoms with E-state index in [1.54, 1.807) is 17.4 Å². The molecule has 0 aliphatic carbocycles. The Morgan fingerprint density at radius 1 is 1.32 bits per heavy atom. The number of thiophene rings is 1. The Morgan fingerprint density at radius 2 is 2.04 bits per heavy atom. The van der Waals surface area contributed by atoms with Gasteiger partial charge in [0.05, 0.1) is 11.6 Å². The molecule has 0 amide bonds. The predicted octanol–water partition coefficient (Wildman–Crippen LogP) is 1.26. The molecule has 2 aromatic heterocycles. The van der Waals surface area contributed by atoms with Crippen LogP contribution in [0.15, 0.2) is 16.9 Å². The largest absolute Gasteiger partial charge is 0.469 e. The topological polar surface area (TPSA) is 95.9 Å². The van der Waals surface area contributed by atoms with Gasteiger partial charge in [0, 0.05) is 22.7 Å². The van der Waals surface area contributed by atoms with E-state index in [1.807, 2.05) is 31.2 Å². The van der Waals surface area contributed by atoms with Gasteiger partial charge >= 0.3 is 5.97 Å². The lowest BCUT2D eigenvalue weighted by Gasteiger charge is -2.01. The third-order valence-corrected chi connectivity index (χ3v) is 5.45. The zero-order valence-electron chi connectivity index (χ0n) is 13.7. The molecule has 25 heavy (non-hydrogen) atoms. The third-order valence-electron chi connectivity index (χ3n) is 3.37. The number of methoxy groups -OCH3 is 1. The van der Waals surface area contributed by atoms with Gasteiger partial charge in [0.2, 0.25) is 0 Å². The van der Waals surface area contributed by atoms with Crippen LogP contribution in [-0.2, 0) is 16.1 Å². The summed E-state index contributed by atoms with van der Waals surface area (Å²) in [5.74, 6) is -0.365. The fraction of sp³-hybridized carbons (Fsp3) is 0.294. The molecule has 0 spiro atoms. The minimum absolute atomic E-state index is 0.109. The van der Waals surface area contributed by atoms with E-state index in [-0.39, 0.29) is 30.1 Å². The standard InChI is InChI=1S/C17H15N3O3S2/c1-11-5-6-13(24-11)8-14-16(22)20(7-3-4-15(21)23-2)17(25-14)12(9-18)10-19/h5-6,8H,3-4,7H2,1-2H3/b14-8+. The smallest absolute Gasteiger partial charge is 0.305 e. The van der Waals surface area contributed by atoms with E-state index >= 15 is 0 Å². The van der Waals surface area contributed by atoms with E-state index < -0.39 is 0 Å². The van der Waals surface area contributed by atoms with Crippen molar-refractivity contribution in [2.75, 3.05) is 7.11 Å². The predicted molar refractivity (Wildman–Crippen MR) is 96.3 cm³/mol. The van der Waals surface area contributed by atoms with Crippen molar-refractivity contribution in [1.29, 1.82) is 10.5 Å². The van der Waals surface area contributed by atoms with E-state index in [1.165, 1.54) is 11.7 Å². The van der Waals surface area contributed by atoms with Crippen LogP contribution in [0.3, 0.4) is 0 Å². The summed E-state index contributed by atoms with van der Waals surface area (Å²) in [7, 11) is 1.30. The molecule has 6 nitrogen and oxygen atoms in total. The zero-order chi connectivity index (χ0) is 18.4. The van der Waals surface area contributed by atoms with E-state index in [0.29, 0.717) is 15.6 Å². The molecule has 0 saturated carbocycles. The SMILES string of the molecule is COC(=O)CCCn1c(=C(C#N)C#N)s/c(=C/c2ccc(C)s2)c1=O.